The van der Waals surface area contributed by atoms with Crippen LogP contribution in [0.5, 0.6) is 5.75 Å². The molecule has 0 aromatic heterocycles. The summed E-state index contributed by atoms with van der Waals surface area (Å²) in [5.41, 5.74) is 0.908. The number of ether oxygens (including phenoxy) is 1. The zero-order chi connectivity index (χ0) is 14.3. The van der Waals surface area contributed by atoms with Crippen molar-refractivity contribution in [1.29, 1.82) is 0 Å². The number of rotatable bonds is 2. The number of aliphatic hydroxyl groups is 1. The molecule has 1 atom stereocenters. The van der Waals surface area contributed by atoms with E-state index in [1.54, 1.807) is 14.0 Å². The fourth-order valence-electron chi connectivity index (χ4n) is 0.882. The molecule has 1 N–H and O–H groups in total. The van der Waals surface area contributed by atoms with E-state index in [2.05, 4.69) is 20.0 Å². The minimum Gasteiger partial charge on any atom is 0 e. The minimum atomic E-state index is -0.402. The van der Waals surface area contributed by atoms with Crippen LogP contribution in [-0.2, 0) is 31.3 Å². The summed E-state index contributed by atoms with van der Waals surface area (Å²) in [6.07, 6.45) is -0.402. The van der Waals surface area contributed by atoms with Crippen molar-refractivity contribution in [3.8, 4) is 5.75 Å². The van der Waals surface area contributed by atoms with E-state index in [0.717, 1.165) is 11.3 Å². The Balaban J connectivity index is -0.000000123. The van der Waals surface area contributed by atoms with Gasteiger partial charge < -0.3 is 9.84 Å². The van der Waals surface area contributed by atoms with Gasteiger partial charge in [-0.15, -0.1) is 0 Å². The van der Waals surface area contributed by atoms with Crippen molar-refractivity contribution in [3.05, 3.63) is 49.8 Å². The van der Waals surface area contributed by atoms with Gasteiger partial charge in [-0.3, -0.25) is 0 Å². The van der Waals surface area contributed by atoms with Crippen molar-refractivity contribution in [2.24, 2.45) is 0 Å². The summed E-state index contributed by atoms with van der Waals surface area (Å²) >= 11 is 0. The first-order valence-corrected chi connectivity index (χ1v) is 4.17. The number of benzene rings is 1. The summed E-state index contributed by atoms with van der Waals surface area (Å²) in [4.78, 5) is 0. The maximum Gasteiger partial charge on any atom is 0 e. The molecule has 1 rings (SSSR count). The molecule has 0 fully saturated rings. The fourth-order valence-corrected chi connectivity index (χ4v) is 0.882. The van der Waals surface area contributed by atoms with E-state index in [1.807, 2.05) is 24.3 Å². The Hall–Kier alpha value is -1.27. The monoisotopic (exact) mass is 288 g/mol. The Labute approximate surface area is 117 Å². The molecule has 18 heavy (non-hydrogen) atoms. The average molecular weight is 288 g/mol. The summed E-state index contributed by atoms with van der Waals surface area (Å²) in [5, 5.41) is 9.15. The van der Waals surface area contributed by atoms with Crippen LogP contribution < -0.4 is 4.74 Å². The number of hydrogen-bond acceptors (Lipinski definition) is 2. The summed E-state index contributed by atoms with van der Waals surface area (Å²) in [6, 6.07) is 7.37. The average Bonchev–Trinajstić information content (AvgIpc) is 2.45. The first-order valence-electron chi connectivity index (χ1n) is 4.17. The zero-order valence-corrected chi connectivity index (χ0v) is 11.2. The van der Waals surface area contributed by atoms with E-state index in [0.29, 0.717) is 0 Å². The van der Waals surface area contributed by atoms with Gasteiger partial charge in [0.1, 0.15) is 5.75 Å². The zero-order valence-electron chi connectivity index (χ0n) is 9.88. The molecule has 0 aliphatic carbocycles. The van der Waals surface area contributed by atoms with Gasteiger partial charge in [-0.25, -0.2) is 0 Å². The Morgan fingerprint density at radius 3 is 1.56 bits per heavy atom. The molecule has 1 aromatic rings. The van der Waals surface area contributed by atoms with Crippen molar-refractivity contribution in [2.45, 2.75) is 13.0 Å². The van der Waals surface area contributed by atoms with Gasteiger partial charge in [0.05, 0.1) is 13.2 Å². The molecule has 0 unspecified atom stereocenters. The largest absolute Gasteiger partial charge is 0 e. The predicted molar refractivity (Wildman–Crippen MR) is 55.4 cm³/mol. The maximum atomic E-state index is 9.15. The van der Waals surface area contributed by atoms with Crippen molar-refractivity contribution < 1.29 is 41.2 Å². The van der Waals surface area contributed by atoms with Gasteiger partial charge in [-0.1, -0.05) is 12.1 Å². The second-order valence-corrected chi connectivity index (χ2v) is 2.45. The van der Waals surface area contributed by atoms with Crippen LogP contribution in [0.25, 0.3) is 0 Å². The predicted octanol–water partition coefficient (Wildman–Crippen LogP) is 1.63. The smallest absolute Gasteiger partial charge is 0 e. The van der Waals surface area contributed by atoms with Crippen molar-refractivity contribution in [1.82, 2.24) is 0 Å². The fraction of sp³-hybridized carbons (Fsp3) is 0.250. The normalized spacial score (nSPS) is 8.06. The Morgan fingerprint density at radius 1 is 1.00 bits per heavy atom. The van der Waals surface area contributed by atoms with Crippen LogP contribution in [0.4, 0.5) is 0 Å². The number of hydrogen-bond donors (Lipinski definition) is 1. The molecule has 0 heterocycles. The van der Waals surface area contributed by atoms with E-state index >= 15 is 0 Å². The standard InChI is InChI=1S/C9H12O2.3CO.Cr/c1-7(10)8-3-5-9(11-2)6-4-8;3*1-2;/h3-7,10H,1-2H3;;;;/t7-;;;;/m1..../s1. The van der Waals surface area contributed by atoms with Crippen LogP contribution >= 0.6 is 0 Å². The summed E-state index contributed by atoms with van der Waals surface area (Å²) in [5.74, 6) is 0.814. The van der Waals surface area contributed by atoms with Gasteiger partial charge in [-0.05, 0) is 24.6 Å². The topological polar surface area (TPSA) is 89.2 Å². The van der Waals surface area contributed by atoms with Crippen molar-refractivity contribution in [2.75, 3.05) is 7.11 Å². The third-order valence-corrected chi connectivity index (χ3v) is 1.60. The van der Waals surface area contributed by atoms with Gasteiger partial charge in [0.25, 0.3) is 0 Å². The van der Waals surface area contributed by atoms with Crippen LogP contribution in [0, 0.1) is 20.0 Å². The summed E-state index contributed by atoms with van der Waals surface area (Å²) in [7, 11) is 1.62. The second kappa shape index (κ2) is 21.1. The van der Waals surface area contributed by atoms with Gasteiger partial charge >= 0.3 is 33.9 Å². The van der Waals surface area contributed by atoms with Gasteiger partial charge in [0, 0.05) is 17.4 Å². The Bertz CT molecular complexity index is 312. The van der Waals surface area contributed by atoms with Gasteiger partial charge in [0.2, 0.25) is 0 Å². The van der Waals surface area contributed by atoms with Crippen LogP contribution in [0.3, 0.4) is 0 Å². The summed E-state index contributed by atoms with van der Waals surface area (Å²) < 4.78 is 27.5. The molecule has 0 saturated carbocycles. The van der Waals surface area contributed by atoms with Gasteiger partial charge in [-0.2, -0.15) is 0 Å². The van der Waals surface area contributed by atoms with Crippen LogP contribution in [0.1, 0.15) is 18.6 Å². The molecule has 0 radical (unpaired) electrons. The molecular formula is C12H12CrO5. The van der Waals surface area contributed by atoms with E-state index in [1.165, 1.54) is 0 Å². The van der Waals surface area contributed by atoms with E-state index in [9.17, 15) is 0 Å². The molecule has 0 spiro atoms. The van der Waals surface area contributed by atoms with E-state index in [-0.39, 0.29) is 17.4 Å². The number of aliphatic hydroxyl groups excluding tert-OH is 1. The number of methoxy groups -OCH3 is 1. The molecular weight excluding hydrogens is 276 g/mol. The van der Waals surface area contributed by atoms with Crippen molar-refractivity contribution in [3.63, 3.8) is 0 Å². The third-order valence-electron chi connectivity index (χ3n) is 1.60. The first-order chi connectivity index (χ1) is 8.24. The minimum absolute atomic E-state index is 0. The van der Waals surface area contributed by atoms with E-state index < -0.39 is 6.10 Å². The molecule has 5 nitrogen and oxygen atoms in total. The van der Waals surface area contributed by atoms with Crippen LogP contribution in [0.2, 0.25) is 0 Å². The van der Waals surface area contributed by atoms with Crippen LogP contribution in [-0.4, -0.2) is 12.2 Å². The molecule has 0 bridgehead atoms. The molecule has 0 aliphatic rings. The third kappa shape index (κ3) is 12.8. The molecule has 6 heteroatoms. The molecule has 96 valence electrons. The Morgan fingerprint density at radius 2 is 1.33 bits per heavy atom. The molecule has 0 aliphatic heterocycles. The molecule has 1 aromatic carbocycles. The second-order valence-electron chi connectivity index (χ2n) is 2.45. The van der Waals surface area contributed by atoms with E-state index in [4.69, 9.17) is 23.8 Å². The summed E-state index contributed by atoms with van der Waals surface area (Å²) in [6.45, 7) is 15.2. The molecule has 0 amide bonds. The molecule has 0 saturated heterocycles. The quantitative estimate of drug-likeness (QED) is 0.662. The van der Waals surface area contributed by atoms with Gasteiger partial charge in [0.15, 0.2) is 0 Å². The van der Waals surface area contributed by atoms with Crippen molar-refractivity contribution >= 4 is 0 Å². The van der Waals surface area contributed by atoms with Crippen LogP contribution in [0.15, 0.2) is 24.3 Å². The first kappa shape index (κ1) is 25.5. The maximum absolute atomic E-state index is 9.15. The SMILES string of the molecule is COc1ccc([C@@H](C)O)cc1.[C-]#[O+].[C-]#[O+].[C-]#[O+].[Cr]. The Kier molecular flexibility index (Phi) is 29.9.